The van der Waals surface area contributed by atoms with Crippen molar-refractivity contribution in [1.82, 2.24) is 15.0 Å². The maximum absolute atomic E-state index is 5.34. The van der Waals surface area contributed by atoms with E-state index in [1.165, 1.54) is 0 Å². The number of imidazole rings is 1. The highest BCUT2D eigenvalue weighted by molar-refractivity contribution is 5.78. The minimum atomic E-state index is 0.547. The van der Waals surface area contributed by atoms with Crippen LogP contribution < -0.4 is 9.47 Å². The normalized spacial score (nSPS) is 10.6. The van der Waals surface area contributed by atoms with E-state index in [-0.39, 0.29) is 0 Å². The Morgan fingerprint density at radius 2 is 1.79 bits per heavy atom. The van der Waals surface area contributed by atoms with Crippen molar-refractivity contribution in [2.24, 2.45) is 0 Å². The first kappa shape index (κ1) is 11.5. The smallest absolute Gasteiger partial charge is 0.215 e. The predicted molar refractivity (Wildman–Crippen MR) is 72.4 cm³/mol. The van der Waals surface area contributed by atoms with Crippen LogP contribution in [0.25, 0.3) is 22.6 Å². The molecule has 1 N–H and O–H groups in total. The molecule has 0 unspecified atom stereocenters. The van der Waals surface area contributed by atoms with Gasteiger partial charge in [0.25, 0.3) is 0 Å². The number of fused-ring (bicyclic) bond motifs is 1. The monoisotopic (exact) mass is 255 g/mol. The molecular weight excluding hydrogens is 242 g/mol. The number of nitrogens with one attached hydrogen (secondary N) is 1. The van der Waals surface area contributed by atoms with Gasteiger partial charge in [0, 0.05) is 6.07 Å². The van der Waals surface area contributed by atoms with E-state index in [0.29, 0.717) is 11.5 Å². The zero-order valence-corrected chi connectivity index (χ0v) is 10.7. The number of pyridine rings is 1. The summed E-state index contributed by atoms with van der Waals surface area (Å²) >= 11 is 0. The number of para-hydroxylation sites is 1. The molecule has 19 heavy (non-hydrogen) atoms. The van der Waals surface area contributed by atoms with Crippen LogP contribution in [0.2, 0.25) is 0 Å². The zero-order valence-electron chi connectivity index (χ0n) is 10.7. The fourth-order valence-corrected chi connectivity index (χ4v) is 1.96. The molecule has 3 rings (SSSR count). The zero-order chi connectivity index (χ0) is 13.2. The highest BCUT2D eigenvalue weighted by Gasteiger charge is 2.11. The molecule has 0 aliphatic rings. The minimum Gasteiger partial charge on any atom is -0.496 e. The van der Waals surface area contributed by atoms with E-state index in [2.05, 4.69) is 15.0 Å². The Morgan fingerprint density at radius 1 is 0.947 bits per heavy atom. The molecule has 0 spiro atoms. The van der Waals surface area contributed by atoms with Gasteiger partial charge in [-0.2, -0.15) is 4.98 Å². The second-order valence-electron chi connectivity index (χ2n) is 4.01. The number of aromatic amines is 1. The largest absolute Gasteiger partial charge is 0.496 e. The summed E-state index contributed by atoms with van der Waals surface area (Å²) in [6.45, 7) is 0. The Balaban J connectivity index is 2.15. The van der Waals surface area contributed by atoms with Gasteiger partial charge in [0.2, 0.25) is 5.88 Å². The Kier molecular flexibility index (Phi) is 2.79. The molecule has 1 aromatic carbocycles. The number of ether oxygens (including phenoxy) is 2. The van der Waals surface area contributed by atoms with E-state index < -0.39 is 0 Å². The molecule has 0 aliphatic carbocycles. The van der Waals surface area contributed by atoms with Gasteiger partial charge in [0.15, 0.2) is 5.65 Å². The number of rotatable bonds is 3. The maximum atomic E-state index is 5.34. The summed E-state index contributed by atoms with van der Waals surface area (Å²) in [5.74, 6) is 2.05. The van der Waals surface area contributed by atoms with E-state index in [0.717, 1.165) is 22.7 Å². The molecule has 96 valence electrons. The molecule has 2 aromatic heterocycles. The van der Waals surface area contributed by atoms with Gasteiger partial charge < -0.3 is 14.5 Å². The Bertz CT molecular complexity index is 722. The highest BCUT2D eigenvalue weighted by atomic mass is 16.5. The summed E-state index contributed by atoms with van der Waals surface area (Å²) in [4.78, 5) is 12.0. The third kappa shape index (κ3) is 1.99. The summed E-state index contributed by atoms with van der Waals surface area (Å²) < 4.78 is 10.4. The Labute approximate surface area is 110 Å². The number of H-pyrrole nitrogens is 1. The number of methoxy groups -OCH3 is 2. The predicted octanol–water partition coefficient (Wildman–Crippen LogP) is 2.64. The minimum absolute atomic E-state index is 0.547. The van der Waals surface area contributed by atoms with Gasteiger partial charge in [0.05, 0.1) is 25.3 Å². The molecular formula is C14H13N3O2. The molecule has 0 atom stereocenters. The van der Waals surface area contributed by atoms with Crippen LogP contribution in [0.3, 0.4) is 0 Å². The first-order valence-electron chi connectivity index (χ1n) is 5.86. The van der Waals surface area contributed by atoms with Crippen LogP contribution in [0.15, 0.2) is 36.4 Å². The first-order valence-corrected chi connectivity index (χ1v) is 5.86. The molecule has 5 heteroatoms. The fraction of sp³-hybridized carbons (Fsp3) is 0.143. The van der Waals surface area contributed by atoms with E-state index >= 15 is 0 Å². The SMILES string of the molecule is COc1ccc2[nH]c(-c3ccccc3OC)nc2n1. The number of hydrogen-bond acceptors (Lipinski definition) is 4. The van der Waals surface area contributed by atoms with Gasteiger partial charge in [-0.25, -0.2) is 4.98 Å². The van der Waals surface area contributed by atoms with E-state index in [1.54, 1.807) is 20.3 Å². The standard InChI is InChI=1S/C14H13N3O2/c1-18-11-6-4-3-5-9(11)13-15-10-7-8-12(19-2)16-14(10)17-13/h3-8H,1-2H3,(H,15,16,17). The summed E-state index contributed by atoms with van der Waals surface area (Å²) in [7, 11) is 3.23. The van der Waals surface area contributed by atoms with Crippen LogP contribution in [-0.4, -0.2) is 29.2 Å². The molecule has 0 amide bonds. The van der Waals surface area contributed by atoms with Crippen molar-refractivity contribution in [3.8, 4) is 23.0 Å². The van der Waals surface area contributed by atoms with Gasteiger partial charge in [-0.05, 0) is 18.2 Å². The van der Waals surface area contributed by atoms with E-state index in [9.17, 15) is 0 Å². The van der Waals surface area contributed by atoms with Crippen LogP contribution in [0.4, 0.5) is 0 Å². The second-order valence-corrected chi connectivity index (χ2v) is 4.01. The summed E-state index contributed by atoms with van der Waals surface area (Å²) in [6.07, 6.45) is 0. The number of hydrogen-bond donors (Lipinski definition) is 1. The van der Waals surface area contributed by atoms with Crippen molar-refractivity contribution in [3.05, 3.63) is 36.4 Å². The molecule has 5 nitrogen and oxygen atoms in total. The lowest BCUT2D eigenvalue weighted by molar-refractivity contribution is 0.399. The lowest BCUT2D eigenvalue weighted by atomic mass is 10.2. The molecule has 0 fully saturated rings. The average Bonchev–Trinajstić information content (AvgIpc) is 2.89. The molecule has 3 aromatic rings. The van der Waals surface area contributed by atoms with Crippen molar-refractivity contribution in [3.63, 3.8) is 0 Å². The first-order chi connectivity index (χ1) is 9.31. The molecule has 0 bridgehead atoms. The maximum Gasteiger partial charge on any atom is 0.215 e. The number of benzene rings is 1. The van der Waals surface area contributed by atoms with Crippen LogP contribution in [0.1, 0.15) is 0 Å². The van der Waals surface area contributed by atoms with Gasteiger partial charge >= 0.3 is 0 Å². The lowest BCUT2D eigenvalue weighted by Gasteiger charge is -2.04. The molecule has 0 saturated carbocycles. The van der Waals surface area contributed by atoms with Gasteiger partial charge in [0.1, 0.15) is 11.6 Å². The van der Waals surface area contributed by atoms with Gasteiger partial charge in [-0.1, -0.05) is 12.1 Å². The van der Waals surface area contributed by atoms with Crippen molar-refractivity contribution in [2.45, 2.75) is 0 Å². The second kappa shape index (κ2) is 4.61. The van der Waals surface area contributed by atoms with Crippen LogP contribution in [0, 0.1) is 0 Å². The quantitative estimate of drug-likeness (QED) is 0.781. The number of aromatic nitrogens is 3. The third-order valence-corrected chi connectivity index (χ3v) is 2.89. The topological polar surface area (TPSA) is 60.0 Å². The Morgan fingerprint density at radius 3 is 2.58 bits per heavy atom. The summed E-state index contributed by atoms with van der Waals surface area (Å²) in [6, 6.07) is 11.4. The average molecular weight is 255 g/mol. The lowest BCUT2D eigenvalue weighted by Crippen LogP contribution is -1.88. The van der Waals surface area contributed by atoms with Gasteiger partial charge in [-0.3, -0.25) is 0 Å². The van der Waals surface area contributed by atoms with Gasteiger partial charge in [-0.15, -0.1) is 0 Å². The van der Waals surface area contributed by atoms with Crippen molar-refractivity contribution in [2.75, 3.05) is 14.2 Å². The van der Waals surface area contributed by atoms with Crippen molar-refractivity contribution >= 4 is 11.2 Å². The summed E-state index contributed by atoms with van der Waals surface area (Å²) in [5.41, 5.74) is 2.39. The summed E-state index contributed by atoms with van der Waals surface area (Å²) in [5, 5.41) is 0. The molecule has 0 radical (unpaired) electrons. The molecule has 0 saturated heterocycles. The van der Waals surface area contributed by atoms with Crippen LogP contribution in [0.5, 0.6) is 11.6 Å². The molecule has 0 aliphatic heterocycles. The highest BCUT2D eigenvalue weighted by Crippen LogP contribution is 2.28. The van der Waals surface area contributed by atoms with E-state index in [4.69, 9.17) is 9.47 Å². The van der Waals surface area contributed by atoms with Crippen molar-refractivity contribution < 1.29 is 9.47 Å². The number of nitrogens with zero attached hydrogens (tertiary/aromatic N) is 2. The third-order valence-electron chi connectivity index (χ3n) is 2.89. The Hall–Kier alpha value is -2.56. The van der Waals surface area contributed by atoms with Crippen LogP contribution >= 0.6 is 0 Å². The van der Waals surface area contributed by atoms with E-state index in [1.807, 2.05) is 30.3 Å². The van der Waals surface area contributed by atoms with Crippen molar-refractivity contribution in [1.29, 1.82) is 0 Å². The fourth-order valence-electron chi connectivity index (χ4n) is 1.96. The van der Waals surface area contributed by atoms with Crippen LogP contribution in [-0.2, 0) is 0 Å². The molecule has 2 heterocycles.